The van der Waals surface area contributed by atoms with Crippen molar-refractivity contribution in [3.05, 3.63) is 52.4 Å². The van der Waals surface area contributed by atoms with E-state index in [0.717, 1.165) is 5.39 Å². The lowest BCUT2D eigenvalue weighted by Crippen LogP contribution is -2.19. The van der Waals surface area contributed by atoms with E-state index in [1.165, 1.54) is 0 Å². The lowest BCUT2D eigenvalue weighted by Gasteiger charge is -2.19. The number of aliphatic hydroxyl groups excluding tert-OH is 2. The quantitative estimate of drug-likeness (QED) is 0.442. The molecule has 0 aliphatic carbocycles. The molecule has 0 saturated heterocycles. The predicted octanol–water partition coefficient (Wildman–Crippen LogP) is 2.64. The Hall–Kier alpha value is -2.27. The number of aromatic hydroxyl groups is 1. The zero-order valence-corrected chi connectivity index (χ0v) is 10.7. The summed E-state index contributed by atoms with van der Waals surface area (Å²) in [6.45, 7) is 0.0864. The Morgan fingerprint density at radius 3 is 2.65 bits per heavy atom. The van der Waals surface area contributed by atoms with E-state index >= 15 is 0 Å². The third-order valence-electron chi connectivity index (χ3n) is 3.20. The van der Waals surface area contributed by atoms with Crippen molar-refractivity contribution in [1.29, 1.82) is 0 Å². The second-order valence-electron chi connectivity index (χ2n) is 4.48. The van der Waals surface area contributed by atoms with E-state index in [1.807, 2.05) is 12.1 Å². The van der Waals surface area contributed by atoms with Gasteiger partial charge in [-0.15, -0.1) is 0 Å². The maximum absolute atomic E-state index is 10.2. The second-order valence-corrected chi connectivity index (χ2v) is 4.48. The molecule has 0 amide bonds. The van der Waals surface area contributed by atoms with Gasteiger partial charge in [-0.3, -0.25) is 0 Å². The van der Waals surface area contributed by atoms with Crippen LogP contribution in [0.4, 0.5) is 0 Å². The Kier molecular flexibility index (Phi) is 4.42. The molecule has 6 heteroatoms. The SMILES string of the molecule is [N-]=[N+]=NCCC(O)C(O)c1ccc2ccccc2c1O. The molecule has 0 aliphatic rings. The summed E-state index contributed by atoms with van der Waals surface area (Å²) in [6, 6.07) is 10.6. The maximum Gasteiger partial charge on any atom is 0.129 e. The van der Waals surface area contributed by atoms with E-state index in [-0.39, 0.29) is 24.3 Å². The van der Waals surface area contributed by atoms with Gasteiger partial charge in [0, 0.05) is 22.4 Å². The predicted molar refractivity (Wildman–Crippen MR) is 75.2 cm³/mol. The lowest BCUT2D eigenvalue weighted by molar-refractivity contribution is 0.0138. The number of benzene rings is 2. The normalized spacial score (nSPS) is 13.7. The summed E-state index contributed by atoms with van der Waals surface area (Å²) in [4.78, 5) is 2.58. The van der Waals surface area contributed by atoms with Crippen molar-refractivity contribution < 1.29 is 15.3 Å². The first-order valence-corrected chi connectivity index (χ1v) is 6.22. The van der Waals surface area contributed by atoms with E-state index < -0.39 is 12.2 Å². The monoisotopic (exact) mass is 273 g/mol. The minimum atomic E-state index is -1.23. The summed E-state index contributed by atoms with van der Waals surface area (Å²) < 4.78 is 0. The molecular formula is C14H15N3O3. The fourth-order valence-corrected chi connectivity index (χ4v) is 2.11. The highest BCUT2D eigenvalue weighted by molar-refractivity contribution is 5.89. The van der Waals surface area contributed by atoms with Crippen molar-refractivity contribution in [3.63, 3.8) is 0 Å². The highest BCUT2D eigenvalue weighted by Crippen LogP contribution is 2.34. The molecule has 2 aromatic carbocycles. The minimum absolute atomic E-state index is 0.0431. The summed E-state index contributed by atoms with van der Waals surface area (Å²) in [5, 5.41) is 34.9. The van der Waals surface area contributed by atoms with Gasteiger partial charge >= 0.3 is 0 Å². The molecule has 2 rings (SSSR count). The first-order chi connectivity index (χ1) is 9.65. The van der Waals surface area contributed by atoms with Crippen LogP contribution in [0.1, 0.15) is 18.1 Å². The van der Waals surface area contributed by atoms with E-state index in [1.54, 1.807) is 24.3 Å². The van der Waals surface area contributed by atoms with Gasteiger partial charge in [0.15, 0.2) is 0 Å². The molecule has 2 atom stereocenters. The number of rotatable bonds is 5. The highest BCUT2D eigenvalue weighted by atomic mass is 16.3. The topological polar surface area (TPSA) is 109 Å². The van der Waals surface area contributed by atoms with Crippen LogP contribution in [-0.4, -0.2) is 28.0 Å². The zero-order valence-electron chi connectivity index (χ0n) is 10.7. The first-order valence-electron chi connectivity index (χ1n) is 6.22. The molecule has 0 aliphatic heterocycles. The fourth-order valence-electron chi connectivity index (χ4n) is 2.11. The fraction of sp³-hybridized carbons (Fsp3) is 0.286. The standard InChI is InChI=1S/C14H15N3O3/c15-17-16-8-7-12(18)14(20)11-6-5-9-3-1-2-4-10(9)13(11)19/h1-6,12,14,18-20H,7-8H2. The number of nitrogens with zero attached hydrogens (tertiary/aromatic N) is 3. The van der Waals surface area contributed by atoms with Gasteiger partial charge in [-0.25, -0.2) is 0 Å². The Morgan fingerprint density at radius 2 is 1.90 bits per heavy atom. The molecule has 0 bridgehead atoms. The van der Waals surface area contributed by atoms with Gasteiger partial charge in [-0.1, -0.05) is 41.5 Å². The number of phenols is 1. The third kappa shape index (κ3) is 2.83. The third-order valence-corrected chi connectivity index (χ3v) is 3.20. The van der Waals surface area contributed by atoms with Crippen LogP contribution in [0.5, 0.6) is 5.75 Å². The van der Waals surface area contributed by atoms with E-state index in [4.69, 9.17) is 5.53 Å². The van der Waals surface area contributed by atoms with Crippen LogP contribution < -0.4 is 0 Å². The summed E-state index contributed by atoms with van der Waals surface area (Å²) >= 11 is 0. The van der Waals surface area contributed by atoms with Crippen LogP contribution in [-0.2, 0) is 0 Å². The zero-order chi connectivity index (χ0) is 14.5. The molecule has 0 aromatic heterocycles. The Bertz CT molecular complexity index is 653. The van der Waals surface area contributed by atoms with Gasteiger partial charge in [0.1, 0.15) is 11.9 Å². The average Bonchev–Trinajstić information content (AvgIpc) is 2.47. The van der Waals surface area contributed by atoms with E-state index in [0.29, 0.717) is 5.39 Å². The number of azide groups is 1. The summed E-state index contributed by atoms with van der Waals surface area (Å²) in [5.41, 5.74) is 8.43. The number of aliphatic hydroxyl groups is 2. The Morgan fingerprint density at radius 1 is 1.15 bits per heavy atom. The smallest absolute Gasteiger partial charge is 0.129 e. The molecule has 2 unspecified atom stereocenters. The van der Waals surface area contributed by atoms with Gasteiger partial charge in [-0.2, -0.15) is 0 Å². The largest absolute Gasteiger partial charge is 0.507 e. The van der Waals surface area contributed by atoms with Crippen LogP contribution in [0.3, 0.4) is 0 Å². The molecule has 3 N–H and O–H groups in total. The van der Waals surface area contributed by atoms with Crippen molar-refractivity contribution in [1.82, 2.24) is 0 Å². The maximum atomic E-state index is 10.2. The van der Waals surface area contributed by atoms with Gasteiger partial charge in [0.05, 0.1) is 6.10 Å². The number of hydrogen-bond acceptors (Lipinski definition) is 4. The molecule has 104 valence electrons. The van der Waals surface area contributed by atoms with E-state index in [9.17, 15) is 15.3 Å². The Balaban J connectivity index is 2.27. The van der Waals surface area contributed by atoms with Gasteiger partial charge in [0.25, 0.3) is 0 Å². The minimum Gasteiger partial charge on any atom is -0.507 e. The molecule has 0 radical (unpaired) electrons. The number of phenolic OH excluding ortho intramolecular Hbond substituents is 1. The molecule has 2 aromatic rings. The highest BCUT2D eigenvalue weighted by Gasteiger charge is 2.21. The van der Waals surface area contributed by atoms with Crippen LogP contribution >= 0.6 is 0 Å². The number of fused-ring (bicyclic) bond motifs is 1. The summed E-state index contributed by atoms with van der Waals surface area (Å²) in [6.07, 6.45) is -2.21. The lowest BCUT2D eigenvalue weighted by atomic mass is 9.97. The van der Waals surface area contributed by atoms with Gasteiger partial charge in [-0.05, 0) is 17.3 Å². The molecule has 0 spiro atoms. The Labute approximate surface area is 115 Å². The van der Waals surface area contributed by atoms with Gasteiger partial charge in [0.2, 0.25) is 0 Å². The van der Waals surface area contributed by atoms with Gasteiger partial charge < -0.3 is 15.3 Å². The molecule has 0 saturated carbocycles. The average molecular weight is 273 g/mol. The van der Waals surface area contributed by atoms with Crippen molar-refractivity contribution in [3.8, 4) is 5.75 Å². The summed E-state index contributed by atoms with van der Waals surface area (Å²) in [5.74, 6) is -0.0431. The molecule has 20 heavy (non-hydrogen) atoms. The van der Waals surface area contributed by atoms with Crippen LogP contribution in [0.15, 0.2) is 41.5 Å². The van der Waals surface area contributed by atoms with Crippen molar-refractivity contribution in [2.45, 2.75) is 18.6 Å². The molecule has 6 nitrogen and oxygen atoms in total. The van der Waals surface area contributed by atoms with Crippen molar-refractivity contribution in [2.75, 3.05) is 6.54 Å². The first kappa shape index (κ1) is 14.1. The van der Waals surface area contributed by atoms with E-state index in [2.05, 4.69) is 10.0 Å². The second kappa shape index (κ2) is 6.25. The molecule has 0 heterocycles. The van der Waals surface area contributed by atoms with Crippen LogP contribution in [0, 0.1) is 0 Å². The summed E-state index contributed by atoms with van der Waals surface area (Å²) in [7, 11) is 0. The van der Waals surface area contributed by atoms with Crippen molar-refractivity contribution >= 4 is 10.8 Å². The number of hydrogen-bond donors (Lipinski definition) is 3. The van der Waals surface area contributed by atoms with Crippen LogP contribution in [0.25, 0.3) is 21.2 Å². The van der Waals surface area contributed by atoms with Crippen molar-refractivity contribution in [2.24, 2.45) is 5.11 Å². The van der Waals surface area contributed by atoms with Crippen LogP contribution in [0.2, 0.25) is 0 Å². The molecular weight excluding hydrogens is 258 g/mol. The molecule has 0 fully saturated rings.